The standard InChI is InChI=1S/C16H21NO2/c1-3-4-7-15(13-18)10-9-14(2)12-17-11-6-5-8-16(17)19/h4-11,18H,3,12-13H2,1-2H3/b7-4+,14-9+,15-10+. The maximum absolute atomic E-state index is 11.6. The summed E-state index contributed by atoms with van der Waals surface area (Å²) in [6, 6.07) is 5.12. The average molecular weight is 259 g/mol. The molecule has 0 saturated carbocycles. The minimum atomic E-state index is -0.00695. The van der Waals surface area contributed by atoms with Gasteiger partial charge in [-0.1, -0.05) is 42.9 Å². The molecule has 0 saturated heterocycles. The summed E-state index contributed by atoms with van der Waals surface area (Å²) in [7, 11) is 0. The van der Waals surface area contributed by atoms with Gasteiger partial charge < -0.3 is 9.67 Å². The van der Waals surface area contributed by atoms with Crippen LogP contribution in [-0.2, 0) is 6.54 Å². The SMILES string of the molecule is CC/C=C/C(=C\C=C(/C)Cn1ccccc1=O)CO. The van der Waals surface area contributed by atoms with E-state index in [4.69, 9.17) is 0 Å². The maximum Gasteiger partial charge on any atom is 0.250 e. The molecule has 1 aromatic heterocycles. The van der Waals surface area contributed by atoms with E-state index in [0.29, 0.717) is 6.54 Å². The summed E-state index contributed by atoms with van der Waals surface area (Å²) in [5.41, 5.74) is 1.92. The van der Waals surface area contributed by atoms with Crippen LogP contribution in [0.5, 0.6) is 0 Å². The molecular formula is C16H21NO2. The average Bonchev–Trinajstić information content (AvgIpc) is 2.41. The molecule has 0 radical (unpaired) electrons. The first-order valence-corrected chi connectivity index (χ1v) is 6.46. The van der Waals surface area contributed by atoms with Crippen LogP contribution in [0.15, 0.2) is 64.6 Å². The lowest BCUT2D eigenvalue weighted by atomic mass is 10.2. The summed E-state index contributed by atoms with van der Waals surface area (Å²) < 4.78 is 1.65. The van der Waals surface area contributed by atoms with Crippen molar-refractivity contribution in [3.63, 3.8) is 0 Å². The predicted octanol–water partition coefficient (Wildman–Crippen LogP) is 2.68. The molecule has 0 unspecified atom stereocenters. The van der Waals surface area contributed by atoms with Gasteiger partial charge in [0, 0.05) is 18.8 Å². The molecule has 1 heterocycles. The summed E-state index contributed by atoms with van der Waals surface area (Å²) in [5, 5.41) is 9.20. The van der Waals surface area contributed by atoms with E-state index in [-0.39, 0.29) is 12.2 Å². The van der Waals surface area contributed by atoms with Crippen LogP contribution in [0.3, 0.4) is 0 Å². The van der Waals surface area contributed by atoms with Gasteiger partial charge in [-0.2, -0.15) is 0 Å². The number of hydrogen-bond acceptors (Lipinski definition) is 2. The third-order valence-electron chi connectivity index (χ3n) is 2.65. The molecule has 1 aromatic rings. The second-order valence-corrected chi connectivity index (χ2v) is 4.39. The van der Waals surface area contributed by atoms with Crippen LogP contribution >= 0.6 is 0 Å². The minimum absolute atomic E-state index is 0.00695. The van der Waals surface area contributed by atoms with Gasteiger partial charge in [0.2, 0.25) is 0 Å². The van der Waals surface area contributed by atoms with Gasteiger partial charge in [-0.25, -0.2) is 0 Å². The van der Waals surface area contributed by atoms with Crippen LogP contribution in [0, 0.1) is 0 Å². The lowest BCUT2D eigenvalue weighted by Gasteiger charge is -2.04. The highest BCUT2D eigenvalue weighted by Gasteiger charge is 1.95. The molecule has 0 atom stereocenters. The molecule has 0 fully saturated rings. The molecule has 1 rings (SSSR count). The van der Waals surface area contributed by atoms with Gasteiger partial charge in [-0.3, -0.25) is 4.79 Å². The predicted molar refractivity (Wildman–Crippen MR) is 79.1 cm³/mol. The number of aromatic nitrogens is 1. The Balaban J connectivity index is 2.77. The van der Waals surface area contributed by atoms with Crippen LogP contribution in [0.2, 0.25) is 0 Å². The van der Waals surface area contributed by atoms with Crippen molar-refractivity contribution in [2.24, 2.45) is 0 Å². The van der Waals surface area contributed by atoms with E-state index >= 15 is 0 Å². The molecule has 0 aromatic carbocycles. The molecule has 3 nitrogen and oxygen atoms in total. The van der Waals surface area contributed by atoms with Crippen molar-refractivity contribution in [1.29, 1.82) is 0 Å². The smallest absolute Gasteiger partial charge is 0.250 e. The van der Waals surface area contributed by atoms with E-state index in [2.05, 4.69) is 6.92 Å². The van der Waals surface area contributed by atoms with Crippen LogP contribution in [0.4, 0.5) is 0 Å². The highest BCUT2D eigenvalue weighted by molar-refractivity contribution is 5.25. The van der Waals surface area contributed by atoms with Gasteiger partial charge in [0.05, 0.1) is 6.61 Å². The van der Waals surface area contributed by atoms with Crippen molar-refractivity contribution in [2.45, 2.75) is 26.8 Å². The molecule has 0 aliphatic rings. The van der Waals surface area contributed by atoms with Crippen molar-refractivity contribution in [2.75, 3.05) is 6.61 Å². The van der Waals surface area contributed by atoms with Crippen LogP contribution in [0.1, 0.15) is 20.3 Å². The fraction of sp³-hybridized carbons (Fsp3) is 0.312. The third kappa shape index (κ3) is 5.53. The summed E-state index contributed by atoms with van der Waals surface area (Å²) >= 11 is 0. The second kappa shape index (κ2) is 8.27. The van der Waals surface area contributed by atoms with Gasteiger partial charge in [-0.15, -0.1) is 0 Å². The van der Waals surface area contributed by atoms with E-state index in [1.54, 1.807) is 22.9 Å². The Labute approximate surface area is 114 Å². The molecule has 1 N–H and O–H groups in total. The number of allylic oxidation sites excluding steroid dienone is 4. The first-order chi connectivity index (χ1) is 9.17. The molecule has 0 aliphatic heterocycles. The van der Waals surface area contributed by atoms with E-state index in [1.807, 2.05) is 37.3 Å². The Morgan fingerprint density at radius 3 is 2.79 bits per heavy atom. The van der Waals surface area contributed by atoms with Crippen LogP contribution < -0.4 is 5.56 Å². The molecule has 0 aliphatic carbocycles. The Morgan fingerprint density at radius 2 is 2.16 bits per heavy atom. The van der Waals surface area contributed by atoms with Crippen molar-refractivity contribution in [3.8, 4) is 0 Å². The maximum atomic E-state index is 11.6. The first kappa shape index (κ1) is 15.2. The van der Waals surface area contributed by atoms with Gasteiger partial charge >= 0.3 is 0 Å². The lowest BCUT2D eigenvalue weighted by Crippen LogP contribution is -2.18. The molecule has 0 bridgehead atoms. The number of nitrogens with zero attached hydrogens (tertiary/aromatic N) is 1. The van der Waals surface area contributed by atoms with Gasteiger partial charge in [-0.05, 0) is 25.0 Å². The Kier molecular flexibility index (Phi) is 6.61. The second-order valence-electron chi connectivity index (χ2n) is 4.39. The largest absolute Gasteiger partial charge is 0.392 e. The summed E-state index contributed by atoms with van der Waals surface area (Å²) in [6.07, 6.45) is 10.5. The topological polar surface area (TPSA) is 42.2 Å². The molecule has 102 valence electrons. The van der Waals surface area contributed by atoms with Crippen molar-refractivity contribution < 1.29 is 5.11 Å². The number of aliphatic hydroxyl groups is 1. The molecule has 3 heteroatoms. The van der Waals surface area contributed by atoms with Crippen molar-refractivity contribution in [1.82, 2.24) is 4.57 Å². The van der Waals surface area contributed by atoms with E-state index in [1.165, 1.54) is 0 Å². The fourth-order valence-electron chi connectivity index (χ4n) is 1.59. The van der Waals surface area contributed by atoms with E-state index in [9.17, 15) is 9.90 Å². The zero-order valence-corrected chi connectivity index (χ0v) is 11.5. The quantitative estimate of drug-likeness (QED) is 0.798. The summed E-state index contributed by atoms with van der Waals surface area (Å²) in [4.78, 5) is 11.6. The van der Waals surface area contributed by atoms with Crippen LogP contribution in [0.25, 0.3) is 0 Å². The monoisotopic (exact) mass is 259 g/mol. The molecule has 0 amide bonds. The van der Waals surface area contributed by atoms with E-state index in [0.717, 1.165) is 17.6 Å². The Morgan fingerprint density at radius 1 is 1.37 bits per heavy atom. The molecular weight excluding hydrogens is 238 g/mol. The van der Waals surface area contributed by atoms with Crippen molar-refractivity contribution >= 4 is 0 Å². The van der Waals surface area contributed by atoms with Crippen LogP contribution in [-0.4, -0.2) is 16.3 Å². The Bertz CT molecular complexity index is 536. The number of pyridine rings is 1. The minimum Gasteiger partial charge on any atom is -0.392 e. The normalized spacial score (nSPS) is 13.2. The lowest BCUT2D eigenvalue weighted by molar-refractivity contribution is 0.335. The highest BCUT2D eigenvalue weighted by atomic mass is 16.3. The third-order valence-corrected chi connectivity index (χ3v) is 2.65. The zero-order chi connectivity index (χ0) is 14.1. The van der Waals surface area contributed by atoms with Gasteiger partial charge in [0.25, 0.3) is 5.56 Å². The summed E-state index contributed by atoms with van der Waals surface area (Å²) in [5.74, 6) is 0. The Hall–Kier alpha value is -1.87. The van der Waals surface area contributed by atoms with Gasteiger partial charge in [0.15, 0.2) is 0 Å². The fourth-order valence-corrected chi connectivity index (χ4v) is 1.59. The molecule has 0 spiro atoms. The van der Waals surface area contributed by atoms with E-state index < -0.39 is 0 Å². The number of rotatable bonds is 6. The highest BCUT2D eigenvalue weighted by Crippen LogP contribution is 2.02. The number of hydrogen-bond donors (Lipinski definition) is 1. The number of aliphatic hydroxyl groups excluding tert-OH is 1. The zero-order valence-electron chi connectivity index (χ0n) is 11.5. The first-order valence-electron chi connectivity index (χ1n) is 6.46. The van der Waals surface area contributed by atoms with Crippen molar-refractivity contribution in [3.05, 3.63) is 70.2 Å². The summed E-state index contributed by atoms with van der Waals surface area (Å²) in [6.45, 7) is 4.60. The molecule has 19 heavy (non-hydrogen) atoms. The van der Waals surface area contributed by atoms with Gasteiger partial charge in [0.1, 0.15) is 0 Å².